The van der Waals surface area contributed by atoms with Crippen molar-refractivity contribution in [3.63, 3.8) is 0 Å². The third-order valence-corrected chi connectivity index (χ3v) is 2.06. The first kappa shape index (κ1) is 10.7. The average molecular weight is 225 g/mol. The molecule has 0 aliphatic heterocycles. The molecule has 0 radical (unpaired) electrons. The van der Waals surface area contributed by atoms with Crippen molar-refractivity contribution >= 4 is 0 Å². The maximum absolute atomic E-state index is 12.2. The molecule has 0 unspecified atom stereocenters. The van der Waals surface area contributed by atoms with E-state index in [1.54, 1.807) is 12.1 Å². The molecule has 4 nitrogen and oxygen atoms in total. The Kier molecular flexibility index (Phi) is 2.89. The smallest absolute Gasteiger partial charge is 0.314 e. The van der Waals surface area contributed by atoms with E-state index in [2.05, 4.69) is 15.2 Å². The van der Waals surface area contributed by atoms with E-state index >= 15 is 0 Å². The minimum absolute atomic E-state index is 0.0606. The van der Waals surface area contributed by atoms with Gasteiger partial charge in [0, 0.05) is 11.9 Å². The molecule has 0 saturated carbocycles. The molecule has 2 rings (SSSR count). The van der Waals surface area contributed by atoms with E-state index in [9.17, 15) is 8.78 Å². The van der Waals surface area contributed by atoms with Crippen molar-refractivity contribution < 1.29 is 13.2 Å². The number of rotatable bonds is 3. The largest absolute Gasteiger partial charge is 0.415 e. The first-order chi connectivity index (χ1) is 7.70. The summed E-state index contributed by atoms with van der Waals surface area (Å²) in [6.45, 7) is 1.98. The molecule has 84 valence electrons. The van der Waals surface area contributed by atoms with Crippen LogP contribution in [0.15, 0.2) is 22.7 Å². The van der Waals surface area contributed by atoms with E-state index in [-0.39, 0.29) is 5.89 Å². The number of hydrogen-bond donors (Lipinski definition) is 0. The lowest BCUT2D eigenvalue weighted by Crippen LogP contribution is -1.86. The van der Waals surface area contributed by atoms with Crippen molar-refractivity contribution in [1.29, 1.82) is 0 Å². The van der Waals surface area contributed by atoms with Crippen molar-refractivity contribution in [3.05, 3.63) is 29.9 Å². The fourth-order valence-corrected chi connectivity index (χ4v) is 1.20. The number of aromatic nitrogens is 3. The Labute approximate surface area is 90.3 Å². The summed E-state index contributed by atoms with van der Waals surface area (Å²) in [7, 11) is 0. The maximum Gasteiger partial charge on any atom is 0.314 e. The molecule has 0 fully saturated rings. The van der Waals surface area contributed by atoms with Gasteiger partial charge in [-0.25, -0.2) is 0 Å². The van der Waals surface area contributed by atoms with Gasteiger partial charge < -0.3 is 4.42 Å². The number of hydrogen-bond acceptors (Lipinski definition) is 4. The normalized spacial score (nSPS) is 11.0. The maximum atomic E-state index is 12.2. The molecule has 2 heterocycles. The summed E-state index contributed by atoms with van der Waals surface area (Å²) in [4.78, 5) is 4.11. The molecule has 0 aliphatic carbocycles. The summed E-state index contributed by atoms with van der Waals surface area (Å²) in [6.07, 6.45) is -0.405. The number of alkyl halides is 2. The van der Waals surface area contributed by atoms with Gasteiger partial charge in [-0.1, -0.05) is 6.92 Å². The summed E-state index contributed by atoms with van der Waals surface area (Å²) in [5, 5.41) is 6.77. The zero-order chi connectivity index (χ0) is 11.5. The molecule has 2 aromatic heterocycles. The fourth-order valence-electron chi connectivity index (χ4n) is 1.20. The Bertz CT molecular complexity index is 467. The van der Waals surface area contributed by atoms with Crippen LogP contribution in [-0.4, -0.2) is 15.2 Å². The van der Waals surface area contributed by atoms with E-state index in [0.717, 1.165) is 12.1 Å². The summed E-state index contributed by atoms with van der Waals surface area (Å²) < 4.78 is 29.2. The van der Waals surface area contributed by atoms with Gasteiger partial charge in [0.25, 0.3) is 5.89 Å². The average Bonchev–Trinajstić information content (AvgIpc) is 2.78. The van der Waals surface area contributed by atoms with Gasteiger partial charge in [0.15, 0.2) is 0 Å². The molecule has 0 N–H and O–H groups in total. The summed E-state index contributed by atoms with van der Waals surface area (Å²) in [5.41, 5.74) is 1.45. The van der Waals surface area contributed by atoms with Crippen LogP contribution in [0.2, 0.25) is 0 Å². The minimum Gasteiger partial charge on any atom is -0.415 e. The fraction of sp³-hybridized carbons (Fsp3) is 0.300. The van der Waals surface area contributed by atoms with Gasteiger partial charge in [0.05, 0.1) is 5.56 Å². The summed E-state index contributed by atoms with van der Waals surface area (Å²) in [5.74, 6) is -0.611. The highest BCUT2D eigenvalue weighted by atomic mass is 19.3. The third-order valence-electron chi connectivity index (χ3n) is 2.06. The number of pyridine rings is 1. The number of aryl methyl sites for hydroxylation is 1. The first-order valence-corrected chi connectivity index (χ1v) is 4.77. The van der Waals surface area contributed by atoms with E-state index < -0.39 is 12.3 Å². The van der Waals surface area contributed by atoms with Crippen LogP contribution in [0.4, 0.5) is 8.78 Å². The molecule has 6 heteroatoms. The Hall–Kier alpha value is -1.85. The molecule has 0 aliphatic rings. The zero-order valence-electron chi connectivity index (χ0n) is 8.52. The van der Waals surface area contributed by atoms with E-state index in [0.29, 0.717) is 5.56 Å². The Balaban J connectivity index is 2.28. The molecule has 0 saturated heterocycles. The Morgan fingerprint density at radius 1 is 1.31 bits per heavy atom. The van der Waals surface area contributed by atoms with Crippen molar-refractivity contribution in [2.24, 2.45) is 0 Å². The number of halogens is 2. The third kappa shape index (κ3) is 2.05. The Morgan fingerprint density at radius 3 is 2.62 bits per heavy atom. The molecule has 0 aromatic carbocycles. The quantitative estimate of drug-likeness (QED) is 0.805. The molecule has 0 amide bonds. The van der Waals surface area contributed by atoms with E-state index in [1.165, 1.54) is 6.20 Å². The zero-order valence-corrected chi connectivity index (χ0v) is 8.52. The molecular formula is C10H9F2N3O. The van der Waals surface area contributed by atoms with Crippen molar-refractivity contribution in [3.8, 4) is 11.5 Å². The van der Waals surface area contributed by atoms with Crippen LogP contribution in [0, 0.1) is 0 Å². The highest BCUT2D eigenvalue weighted by molar-refractivity contribution is 5.50. The van der Waals surface area contributed by atoms with Gasteiger partial charge in [0.2, 0.25) is 5.89 Å². The van der Waals surface area contributed by atoms with E-state index in [4.69, 9.17) is 4.42 Å². The minimum atomic E-state index is -2.75. The lowest BCUT2D eigenvalue weighted by atomic mass is 10.2. The van der Waals surface area contributed by atoms with Crippen molar-refractivity contribution in [2.45, 2.75) is 19.8 Å². The van der Waals surface area contributed by atoms with Gasteiger partial charge in [-0.3, -0.25) is 4.98 Å². The van der Waals surface area contributed by atoms with Crippen molar-refractivity contribution in [2.75, 3.05) is 0 Å². The van der Waals surface area contributed by atoms with Gasteiger partial charge in [-0.15, -0.1) is 10.2 Å². The highest BCUT2D eigenvalue weighted by Gasteiger charge is 2.16. The van der Waals surface area contributed by atoms with Crippen LogP contribution in [0.3, 0.4) is 0 Å². The second-order valence-electron chi connectivity index (χ2n) is 3.14. The standard InChI is InChI=1S/C10H9F2N3O/c1-2-7-4-3-6(5-13-7)9-14-15-10(16-9)8(11)12/h3-5,8H,2H2,1H3. The molecule has 2 aromatic rings. The summed E-state index contributed by atoms with van der Waals surface area (Å²) in [6, 6.07) is 3.51. The predicted molar refractivity (Wildman–Crippen MR) is 51.9 cm³/mol. The van der Waals surface area contributed by atoms with Crippen LogP contribution in [0.1, 0.15) is 24.9 Å². The SMILES string of the molecule is CCc1ccc(-c2nnc(C(F)F)o2)cn1. The van der Waals surface area contributed by atoms with Gasteiger partial charge in [-0.05, 0) is 18.6 Å². The van der Waals surface area contributed by atoms with E-state index in [1.807, 2.05) is 6.92 Å². The van der Waals surface area contributed by atoms with Crippen molar-refractivity contribution in [1.82, 2.24) is 15.2 Å². The monoisotopic (exact) mass is 225 g/mol. The van der Waals surface area contributed by atoms with Crippen LogP contribution in [0.25, 0.3) is 11.5 Å². The lowest BCUT2D eigenvalue weighted by Gasteiger charge is -1.96. The molecule has 0 bridgehead atoms. The second-order valence-corrected chi connectivity index (χ2v) is 3.14. The van der Waals surface area contributed by atoms with Crippen LogP contribution in [-0.2, 0) is 6.42 Å². The second kappa shape index (κ2) is 4.34. The molecule has 16 heavy (non-hydrogen) atoms. The highest BCUT2D eigenvalue weighted by Crippen LogP contribution is 2.22. The number of nitrogens with zero attached hydrogens (tertiary/aromatic N) is 3. The topological polar surface area (TPSA) is 51.8 Å². The Morgan fingerprint density at radius 2 is 2.12 bits per heavy atom. The van der Waals surface area contributed by atoms with Gasteiger partial charge >= 0.3 is 6.43 Å². The van der Waals surface area contributed by atoms with Crippen LogP contribution < -0.4 is 0 Å². The van der Waals surface area contributed by atoms with Gasteiger partial charge in [-0.2, -0.15) is 8.78 Å². The van der Waals surface area contributed by atoms with Gasteiger partial charge in [0.1, 0.15) is 0 Å². The molecule has 0 atom stereocenters. The van der Waals surface area contributed by atoms with Crippen LogP contribution >= 0.6 is 0 Å². The molecular weight excluding hydrogens is 216 g/mol. The predicted octanol–water partition coefficient (Wildman–Crippen LogP) is 2.63. The molecule has 0 spiro atoms. The summed E-state index contributed by atoms with van der Waals surface area (Å²) >= 11 is 0. The van der Waals surface area contributed by atoms with Crippen LogP contribution in [0.5, 0.6) is 0 Å². The first-order valence-electron chi connectivity index (χ1n) is 4.77. The lowest BCUT2D eigenvalue weighted by molar-refractivity contribution is 0.116.